The van der Waals surface area contributed by atoms with Gasteiger partial charge in [0.25, 0.3) is 5.91 Å². The van der Waals surface area contributed by atoms with Gasteiger partial charge in [0.15, 0.2) is 19.5 Å². The summed E-state index contributed by atoms with van der Waals surface area (Å²) in [5.41, 5.74) is 2.87. The van der Waals surface area contributed by atoms with Crippen molar-refractivity contribution in [2.75, 3.05) is 20.3 Å². The van der Waals surface area contributed by atoms with Crippen LogP contribution in [0.25, 0.3) is 10.8 Å². The van der Waals surface area contributed by atoms with Gasteiger partial charge in [-0.05, 0) is 52.2 Å². The molecule has 8 heteroatoms. The fourth-order valence-electron chi connectivity index (χ4n) is 4.47. The fraction of sp³-hybridized carbons (Fsp3) is 0.161. The normalized spacial score (nSPS) is 14.5. The lowest BCUT2D eigenvalue weighted by molar-refractivity contribution is -0.154. The number of rotatable bonds is 9. The lowest BCUT2D eigenvalue weighted by Gasteiger charge is -2.22. The summed E-state index contributed by atoms with van der Waals surface area (Å²) in [6.07, 6.45) is 1.14. The molecule has 1 unspecified atom stereocenters. The predicted octanol–water partition coefficient (Wildman–Crippen LogP) is 4.96. The smallest absolute Gasteiger partial charge is 0.344 e. The number of hydrogen-bond acceptors (Lipinski definition) is 7. The molecule has 1 atom stereocenters. The minimum Gasteiger partial charge on any atom is -0.497 e. The fourth-order valence-corrected chi connectivity index (χ4v) is 4.47. The molecule has 1 aliphatic heterocycles. The molecule has 0 bridgehead atoms. The molecule has 0 radical (unpaired) electrons. The Morgan fingerprint density at radius 3 is 2.44 bits per heavy atom. The molecule has 0 aliphatic carbocycles. The van der Waals surface area contributed by atoms with E-state index in [-0.39, 0.29) is 11.8 Å². The third-order valence-corrected chi connectivity index (χ3v) is 6.50. The van der Waals surface area contributed by atoms with Crippen molar-refractivity contribution >= 4 is 34.6 Å². The first-order chi connectivity index (χ1) is 19.1. The monoisotopic (exact) mass is 522 g/mol. The van der Waals surface area contributed by atoms with Crippen molar-refractivity contribution in [1.29, 1.82) is 0 Å². The van der Waals surface area contributed by atoms with E-state index >= 15 is 0 Å². The lowest BCUT2D eigenvalue weighted by Crippen LogP contribution is -2.32. The van der Waals surface area contributed by atoms with Crippen molar-refractivity contribution in [3.8, 4) is 11.5 Å². The Labute approximate surface area is 225 Å². The first-order valence-electron chi connectivity index (χ1n) is 12.4. The van der Waals surface area contributed by atoms with E-state index in [4.69, 9.17) is 14.2 Å². The standard InChI is InChI=1S/C31H26N2O6/c1-37-26-14-12-22(13-15-26)28-17-27(24-11-10-21-6-2-3-7-23(21)16-24)32-33(28)30(35)19-39-31(36)20-38-29-9-5-4-8-25(29)18-34/h2-16,18,28H,17,19-20H2,1H3. The Morgan fingerprint density at radius 1 is 0.923 bits per heavy atom. The van der Waals surface area contributed by atoms with Gasteiger partial charge in [0.2, 0.25) is 0 Å². The quantitative estimate of drug-likeness (QED) is 0.228. The van der Waals surface area contributed by atoms with Crippen molar-refractivity contribution in [1.82, 2.24) is 5.01 Å². The number of esters is 1. The van der Waals surface area contributed by atoms with Crippen LogP contribution in [0.4, 0.5) is 0 Å². The van der Waals surface area contributed by atoms with Gasteiger partial charge in [-0.3, -0.25) is 9.59 Å². The van der Waals surface area contributed by atoms with E-state index in [1.165, 1.54) is 5.01 Å². The highest BCUT2D eigenvalue weighted by Gasteiger charge is 2.33. The minimum absolute atomic E-state index is 0.263. The highest BCUT2D eigenvalue weighted by Crippen LogP contribution is 2.34. The third-order valence-electron chi connectivity index (χ3n) is 6.50. The first-order valence-corrected chi connectivity index (χ1v) is 12.4. The molecular weight excluding hydrogens is 496 g/mol. The maximum atomic E-state index is 13.3. The van der Waals surface area contributed by atoms with Crippen LogP contribution in [0.1, 0.15) is 33.9 Å². The van der Waals surface area contributed by atoms with Crippen LogP contribution >= 0.6 is 0 Å². The second-order valence-electron chi connectivity index (χ2n) is 8.95. The molecule has 0 fully saturated rings. The molecule has 196 valence electrons. The molecule has 4 aromatic rings. The maximum absolute atomic E-state index is 13.3. The summed E-state index contributed by atoms with van der Waals surface area (Å²) in [6, 6.07) is 27.8. The van der Waals surface area contributed by atoms with Gasteiger partial charge in [0, 0.05) is 6.42 Å². The Balaban J connectivity index is 1.32. The van der Waals surface area contributed by atoms with Crippen molar-refractivity contribution < 1.29 is 28.6 Å². The number of ether oxygens (including phenoxy) is 3. The van der Waals surface area contributed by atoms with Crippen molar-refractivity contribution in [2.45, 2.75) is 12.5 Å². The van der Waals surface area contributed by atoms with Gasteiger partial charge in [-0.25, -0.2) is 9.80 Å². The van der Waals surface area contributed by atoms with Crippen LogP contribution in [0.5, 0.6) is 11.5 Å². The van der Waals surface area contributed by atoms with E-state index in [0.29, 0.717) is 24.0 Å². The molecule has 0 spiro atoms. The third kappa shape index (κ3) is 5.80. The second-order valence-corrected chi connectivity index (χ2v) is 8.95. The number of carbonyl (C=O) groups is 3. The van der Waals surface area contributed by atoms with Crippen molar-refractivity contribution in [3.05, 3.63) is 108 Å². The SMILES string of the molecule is COc1ccc(C2CC(c3ccc4ccccc4c3)=NN2C(=O)COC(=O)COc2ccccc2C=O)cc1. The zero-order chi connectivity index (χ0) is 27.2. The van der Waals surface area contributed by atoms with Crippen LogP contribution in [-0.2, 0) is 14.3 Å². The summed E-state index contributed by atoms with van der Waals surface area (Å²) >= 11 is 0. The van der Waals surface area contributed by atoms with Crippen LogP contribution in [0.15, 0.2) is 96.1 Å². The zero-order valence-corrected chi connectivity index (χ0v) is 21.3. The average Bonchev–Trinajstić information content (AvgIpc) is 3.44. The molecule has 1 aliphatic rings. The second kappa shape index (κ2) is 11.6. The van der Waals surface area contributed by atoms with Gasteiger partial charge in [-0.15, -0.1) is 0 Å². The number of aldehydes is 1. The number of hydrazone groups is 1. The van der Waals surface area contributed by atoms with Crippen molar-refractivity contribution in [3.63, 3.8) is 0 Å². The predicted molar refractivity (Wildman–Crippen MR) is 146 cm³/mol. The van der Waals surface area contributed by atoms with E-state index in [1.807, 2.05) is 60.7 Å². The number of fused-ring (bicyclic) bond motifs is 1. The highest BCUT2D eigenvalue weighted by molar-refractivity contribution is 6.05. The largest absolute Gasteiger partial charge is 0.497 e. The number of methoxy groups -OCH3 is 1. The Bertz CT molecular complexity index is 1550. The minimum atomic E-state index is -0.733. The first kappa shape index (κ1) is 25.7. The Kier molecular flexibility index (Phi) is 7.63. The average molecular weight is 523 g/mol. The summed E-state index contributed by atoms with van der Waals surface area (Å²) in [6.45, 7) is -0.940. The van der Waals surface area contributed by atoms with Crippen LogP contribution in [0, 0.1) is 0 Å². The van der Waals surface area contributed by atoms with Crippen LogP contribution in [0.2, 0.25) is 0 Å². The Hall–Kier alpha value is -4.98. The Morgan fingerprint density at radius 2 is 1.67 bits per heavy atom. The maximum Gasteiger partial charge on any atom is 0.344 e. The van der Waals surface area contributed by atoms with E-state index in [9.17, 15) is 14.4 Å². The molecule has 1 amide bonds. The molecular formula is C31H26N2O6. The molecule has 0 saturated carbocycles. The molecule has 0 saturated heterocycles. The van der Waals surface area contributed by atoms with Gasteiger partial charge in [-0.2, -0.15) is 5.10 Å². The van der Waals surface area contributed by atoms with Gasteiger partial charge < -0.3 is 14.2 Å². The number of benzene rings is 4. The van der Waals surface area contributed by atoms with Crippen LogP contribution < -0.4 is 9.47 Å². The number of carbonyl (C=O) groups excluding carboxylic acids is 3. The van der Waals surface area contributed by atoms with E-state index in [1.54, 1.807) is 31.4 Å². The number of nitrogens with zero attached hydrogens (tertiary/aromatic N) is 2. The van der Waals surface area contributed by atoms with Gasteiger partial charge in [-0.1, -0.05) is 60.7 Å². The number of hydrogen-bond donors (Lipinski definition) is 0. The molecule has 5 rings (SSSR count). The van der Waals surface area contributed by atoms with Crippen LogP contribution in [-0.4, -0.2) is 49.2 Å². The molecule has 8 nitrogen and oxygen atoms in total. The lowest BCUT2D eigenvalue weighted by atomic mass is 9.97. The molecule has 0 aromatic heterocycles. The summed E-state index contributed by atoms with van der Waals surface area (Å²) in [7, 11) is 1.59. The summed E-state index contributed by atoms with van der Waals surface area (Å²) in [5, 5.41) is 8.24. The van der Waals surface area contributed by atoms with Gasteiger partial charge in [0.05, 0.1) is 24.4 Å². The van der Waals surface area contributed by atoms with Gasteiger partial charge >= 0.3 is 5.97 Å². The topological polar surface area (TPSA) is 94.5 Å². The van der Waals surface area contributed by atoms with Gasteiger partial charge in [0.1, 0.15) is 11.5 Å². The molecule has 0 N–H and O–H groups in total. The van der Waals surface area contributed by atoms with E-state index in [0.717, 1.165) is 27.6 Å². The van der Waals surface area contributed by atoms with Crippen molar-refractivity contribution in [2.24, 2.45) is 5.10 Å². The molecule has 1 heterocycles. The summed E-state index contributed by atoms with van der Waals surface area (Å²) in [5.74, 6) is -0.230. The summed E-state index contributed by atoms with van der Waals surface area (Å²) < 4.78 is 15.9. The highest BCUT2D eigenvalue weighted by atomic mass is 16.6. The van der Waals surface area contributed by atoms with E-state index in [2.05, 4.69) is 11.2 Å². The van der Waals surface area contributed by atoms with Crippen LogP contribution in [0.3, 0.4) is 0 Å². The molecule has 39 heavy (non-hydrogen) atoms. The molecule has 4 aromatic carbocycles. The summed E-state index contributed by atoms with van der Waals surface area (Å²) in [4.78, 5) is 36.7. The number of amides is 1. The van der Waals surface area contributed by atoms with E-state index < -0.39 is 25.1 Å². The number of para-hydroxylation sites is 1. The zero-order valence-electron chi connectivity index (χ0n) is 21.3.